The molecule has 5 nitrogen and oxygen atoms in total. The molecule has 0 saturated carbocycles. The molecule has 0 atom stereocenters. The molecule has 9 heteroatoms. The first-order valence-electron chi connectivity index (χ1n) is 8.10. The van der Waals surface area contributed by atoms with Gasteiger partial charge in [-0.15, -0.1) is 11.3 Å². The van der Waals surface area contributed by atoms with E-state index in [4.69, 9.17) is 17.0 Å². The number of carbonyl (C=O) groups excluding carboxylic acids is 1. The molecule has 27 heavy (non-hydrogen) atoms. The van der Waals surface area contributed by atoms with E-state index in [0.29, 0.717) is 22.7 Å². The fraction of sp³-hybridized carbons (Fsp3) is 0.333. The molecule has 0 aliphatic rings. The number of halogens is 2. The van der Waals surface area contributed by atoms with Gasteiger partial charge in [0.25, 0.3) is 0 Å². The van der Waals surface area contributed by atoms with Crippen molar-refractivity contribution in [2.75, 3.05) is 17.7 Å². The number of carbonyl (C=O) groups is 1. The van der Waals surface area contributed by atoms with Crippen LogP contribution < -0.4 is 15.4 Å². The highest BCUT2D eigenvalue weighted by atomic mass is 32.1. The Bertz CT molecular complexity index is 853. The lowest BCUT2D eigenvalue weighted by atomic mass is 10.1. The summed E-state index contributed by atoms with van der Waals surface area (Å²) in [6.45, 7) is 2.67. The summed E-state index contributed by atoms with van der Waals surface area (Å²) in [6.07, 6.45) is 0.666. The molecule has 1 aromatic heterocycles. The lowest BCUT2D eigenvalue weighted by molar-refractivity contribution is -0.0493. The number of methoxy groups -OCH3 is 1. The molecule has 0 bridgehead atoms. The second-order valence-electron chi connectivity index (χ2n) is 5.64. The minimum atomic E-state index is -2.95. The summed E-state index contributed by atoms with van der Waals surface area (Å²) in [6, 6.07) is 4.83. The van der Waals surface area contributed by atoms with E-state index in [2.05, 4.69) is 15.4 Å². The molecule has 0 aliphatic heterocycles. The third-order valence-corrected chi connectivity index (χ3v) is 5.05. The second-order valence-corrected chi connectivity index (χ2v) is 7.28. The van der Waals surface area contributed by atoms with E-state index >= 15 is 0 Å². The van der Waals surface area contributed by atoms with E-state index in [1.165, 1.54) is 24.5 Å². The molecule has 0 saturated heterocycles. The van der Waals surface area contributed by atoms with Crippen molar-refractivity contribution in [3.63, 3.8) is 0 Å². The Balaban J connectivity index is 2.26. The number of hydrogen-bond acceptors (Lipinski definition) is 5. The Kier molecular flexibility index (Phi) is 7.09. The number of benzene rings is 1. The highest BCUT2D eigenvalue weighted by molar-refractivity contribution is 7.80. The topological polar surface area (TPSA) is 59.6 Å². The SMILES string of the molecule is CCc1c(C)sc(NC(=S)Nc2ccc(C)cc2OC(F)F)c1C(=O)OC. The number of ether oxygens (including phenoxy) is 2. The first-order valence-corrected chi connectivity index (χ1v) is 9.33. The average Bonchev–Trinajstić information content (AvgIpc) is 2.91. The summed E-state index contributed by atoms with van der Waals surface area (Å²) in [5.74, 6) is -0.475. The number of thiocarbonyl (C=S) groups is 1. The summed E-state index contributed by atoms with van der Waals surface area (Å²) < 4.78 is 34.7. The normalized spacial score (nSPS) is 10.6. The Morgan fingerprint density at radius 1 is 1.30 bits per heavy atom. The second kappa shape index (κ2) is 9.09. The quantitative estimate of drug-likeness (QED) is 0.505. The van der Waals surface area contributed by atoms with E-state index in [-0.39, 0.29) is 10.9 Å². The number of aryl methyl sites for hydroxylation is 2. The van der Waals surface area contributed by atoms with Crippen LogP contribution in [0.4, 0.5) is 19.5 Å². The van der Waals surface area contributed by atoms with Gasteiger partial charge < -0.3 is 20.1 Å². The van der Waals surface area contributed by atoms with Gasteiger partial charge in [0.1, 0.15) is 10.8 Å². The molecule has 0 spiro atoms. The van der Waals surface area contributed by atoms with Crippen LogP contribution in [0.2, 0.25) is 0 Å². The maximum atomic E-state index is 12.6. The fourth-order valence-electron chi connectivity index (χ4n) is 2.59. The number of hydrogen-bond donors (Lipinski definition) is 2. The van der Waals surface area contributed by atoms with Gasteiger partial charge >= 0.3 is 12.6 Å². The molecule has 2 N–H and O–H groups in total. The zero-order valence-electron chi connectivity index (χ0n) is 15.3. The zero-order valence-corrected chi connectivity index (χ0v) is 16.9. The lowest BCUT2D eigenvalue weighted by Gasteiger charge is -2.15. The summed E-state index contributed by atoms with van der Waals surface area (Å²) in [5, 5.41) is 6.48. The number of anilines is 2. The molecule has 2 aromatic rings. The predicted octanol–water partition coefficient (Wildman–Crippen LogP) is 5.12. The van der Waals surface area contributed by atoms with Crippen LogP contribution in [0.3, 0.4) is 0 Å². The molecule has 1 aromatic carbocycles. The fourth-order valence-corrected chi connectivity index (χ4v) is 4.01. The van der Waals surface area contributed by atoms with Crippen molar-refractivity contribution in [3.8, 4) is 5.75 Å². The third kappa shape index (κ3) is 5.14. The Labute approximate surface area is 165 Å². The Hall–Kier alpha value is -2.26. The number of nitrogens with one attached hydrogen (secondary N) is 2. The van der Waals surface area contributed by atoms with E-state index in [1.54, 1.807) is 19.1 Å². The van der Waals surface area contributed by atoms with Gasteiger partial charge in [0.15, 0.2) is 5.11 Å². The van der Waals surface area contributed by atoms with Crippen molar-refractivity contribution in [1.29, 1.82) is 0 Å². The van der Waals surface area contributed by atoms with E-state index in [0.717, 1.165) is 16.0 Å². The van der Waals surface area contributed by atoms with E-state index in [1.807, 2.05) is 13.8 Å². The van der Waals surface area contributed by atoms with Crippen LogP contribution >= 0.6 is 23.6 Å². The molecular weight excluding hydrogens is 394 g/mol. The summed E-state index contributed by atoms with van der Waals surface area (Å²) in [7, 11) is 1.31. The van der Waals surface area contributed by atoms with Crippen molar-refractivity contribution >= 4 is 45.3 Å². The summed E-state index contributed by atoms with van der Waals surface area (Å²) in [5.41, 5.74) is 2.38. The maximum absolute atomic E-state index is 12.6. The van der Waals surface area contributed by atoms with Crippen LogP contribution in [-0.2, 0) is 11.2 Å². The number of thiophene rings is 1. The van der Waals surface area contributed by atoms with Gasteiger partial charge in [0, 0.05) is 4.88 Å². The van der Waals surface area contributed by atoms with Crippen LogP contribution in [0, 0.1) is 13.8 Å². The van der Waals surface area contributed by atoms with Gasteiger partial charge in [0.2, 0.25) is 0 Å². The molecule has 0 fully saturated rings. The molecule has 2 rings (SSSR count). The first kappa shape index (κ1) is 21.0. The smallest absolute Gasteiger partial charge is 0.387 e. The highest BCUT2D eigenvalue weighted by Crippen LogP contribution is 2.34. The van der Waals surface area contributed by atoms with Crippen molar-refractivity contribution in [2.45, 2.75) is 33.8 Å². The van der Waals surface area contributed by atoms with Crippen LogP contribution in [-0.4, -0.2) is 24.8 Å². The van der Waals surface area contributed by atoms with Gasteiger partial charge in [0.05, 0.1) is 18.4 Å². The molecular formula is C18H20F2N2O3S2. The van der Waals surface area contributed by atoms with E-state index < -0.39 is 12.6 Å². The molecule has 1 heterocycles. The van der Waals surface area contributed by atoms with Crippen LogP contribution in [0.5, 0.6) is 5.75 Å². The number of esters is 1. The zero-order chi connectivity index (χ0) is 20.1. The molecule has 0 amide bonds. The Morgan fingerprint density at radius 3 is 2.59 bits per heavy atom. The predicted molar refractivity (Wildman–Crippen MR) is 107 cm³/mol. The van der Waals surface area contributed by atoms with Crippen molar-refractivity contribution in [2.24, 2.45) is 0 Å². The minimum Gasteiger partial charge on any atom is -0.465 e. The van der Waals surface area contributed by atoms with Crippen LogP contribution in [0.25, 0.3) is 0 Å². The van der Waals surface area contributed by atoms with Gasteiger partial charge in [-0.25, -0.2) is 4.79 Å². The standard InChI is InChI=1S/C18H20F2N2O3S2/c1-5-11-10(3)27-15(14(11)16(23)24-4)22-18(26)21-12-7-6-9(2)8-13(12)25-17(19)20/h6-8,17H,5H2,1-4H3,(H2,21,22,26). The number of alkyl halides is 2. The van der Waals surface area contributed by atoms with Crippen LogP contribution in [0.1, 0.15) is 33.3 Å². The molecule has 146 valence electrons. The van der Waals surface area contributed by atoms with Crippen molar-refractivity contribution in [3.05, 3.63) is 39.8 Å². The largest absolute Gasteiger partial charge is 0.465 e. The van der Waals surface area contributed by atoms with Crippen molar-refractivity contribution < 1.29 is 23.0 Å². The molecule has 0 radical (unpaired) electrons. The Morgan fingerprint density at radius 2 is 2.00 bits per heavy atom. The lowest BCUT2D eigenvalue weighted by Crippen LogP contribution is -2.21. The third-order valence-electron chi connectivity index (χ3n) is 3.78. The highest BCUT2D eigenvalue weighted by Gasteiger charge is 2.22. The van der Waals surface area contributed by atoms with Gasteiger partial charge in [-0.1, -0.05) is 13.0 Å². The summed E-state index contributed by atoms with van der Waals surface area (Å²) >= 11 is 6.66. The number of rotatable bonds is 6. The maximum Gasteiger partial charge on any atom is 0.387 e. The van der Waals surface area contributed by atoms with Gasteiger partial charge in [-0.05, 0) is 55.7 Å². The van der Waals surface area contributed by atoms with Crippen molar-refractivity contribution in [1.82, 2.24) is 0 Å². The van der Waals surface area contributed by atoms with Gasteiger partial charge in [-0.2, -0.15) is 8.78 Å². The van der Waals surface area contributed by atoms with Gasteiger partial charge in [-0.3, -0.25) is 0 Å². The summed E-state index contributed by atoms with van der Waals surface area (Å²) in [4.78, 5) is 13.1. The average molecular weight is 414 g/mol. The minimum absolute atomic E-state index is 0.0149. The molecule has 0 aliphatic carbocycles. The monoisotopic (exact) mass is 414 g/mol. The van der Waals surface area contributed by atoms with Crippen LogP contribution in [0.15, 0.2) is 18.2 Å². The molecule has 0 unspecified atom stereocenters. The van der Waals surface area contributed by atoms with E-state index in [9.17, 15) is 13.6 Å². The first-order chi connectivity index (χ1) is 12.8.